The summed E-state index contributed by atoms with van der Waals surface area (Å²) < 4.78 is 34.0. The summed E-state index contributed by atoms with van der Waals surface area (Å²) in [6.07, 6.45) is 3.70. The van der Waals surface area contributed by atoms with Gasteiger partial charge in [-0.2, -0.15) is 0 Å². The van der Waals surface area contributed by atoms with Crippen LogP contribution in [0.2, 0.25) is 0 Å². The van der Waals surface area contributed by atoms with Crippen molar-refractivity contribution < 1.29 is 18.9 Å². The topological polar surface area (TPSA) is 46.8 Å². The monoisotopic (exact) mass is 870 g/mol. The largest absolute Gasteiger partial charge is 0.458 e. The third-order valence-electron chi connectivity index (χ3n) is 14.5. The lowest BCUT2D eigenvalue weighted by atomic mass is 9.34. The van der Waals surface area contributed by atoms with Crippen LogP contribution in [0, 0.1) is 0 Å². The molecule has 9 aromatic carbocycles. The third-order valence-corrected chi connectivity index (χ3v) is 14.5. The Morgan fingerprint density at radius 3 is 1.18 bits per heavy atom. The lowest BCUT2D eigenvalue weighted by Gasteiger charge is -2.38. The van der Waals surface area contributed by atoms with E-state index in [4.69, 9.17) is 18.9 Å². The number of para-hydroxylation sites is 7. The van der Waals surface area contributed by atoms with Gasteiger partial charge in [0.05, 0.1) is 44.6 Å². The molecule has 68 heavy (non-hydrogen) atoms. The molecule has 15 rings (SSSR count). The fraction of sp³-hybridized carbons (Fsp3) is 0. The minimum absolute atomic E-state index is 0.185. The van der Waals surface area contributed by atoms with Crippen LogP contribution in [0.3, 0.4) is 0 Å². The van der Waals surface area contributed by atoms with Gasteiger partial charge in [0.2, 0.25) is 0 Å². The molecule has 316 valence electrons. The molecule has 0 bridgehead atoms. The van der Waals surface area contributed by atoms with E-state index >= 15 is 0 Å². The predicted octanol–water partition coefficient (Wildman–Crippen LogP) is 11.5. The second-order valence-electron chi connectivity index (χ2n) is 17.9. The molecule has 0 saturated carbocycles. The normalized spacial score (nSPS) is 13.8. The summed E-state index contributed by atoms with van der Waals surface area (Å²) in [5.74, 6) is 5.85. The maximum Gasteiger partial charge on any atom is 0.260 e. The molecule has 2 aromatic heterocycles. The Bertz CT molecular complexity index is 4000. The molecule has 11 aromatic rings. The Hall–Kier alpha value is -8.87. The fourth-order valence-corrected chi connectivity index (χ4v) is 11.8. The van der Waals surface area contributed by atoms with Crippen molar-refractivity contribution in [1.82, 2.24) is 9.13 Å². The van der Waals surface area contributed by atoms with Crippen molar-refractivity contribution in [3.05, 3.63) is 219 Å². The molecule has 0 N–H and O–H groups in total. The van der Waals surface area contributed by atoms with Gasteiger partial charge in [-0.3, -0.25) is 0 Å². The van der Waals surface area contributed by atoms with Gasteiger partial charge in [-0.1, -0.05) is 147 Å². The van der Waals surface area contributed by atoms with Gasteiger partial charge >= 0.3 is 0 Å². The van der Waals surface area contributed by atoms with Crippen molar-refractivity contribution in [1.29, 1.82) is 0 Å². The number of rotatable bonds is 5. The van der Waals surface area contributed by atoms with E-state index in [0.29, 0.717) is 23.0 Å². The van der Waals surface area contributed by atoms with Crippen LogP contribution < -0.4 is 46.3 Å². The van der Waals surface area contributed by atoms with Gasteiger partial charge in [0.1, 0.15) is 46.0 Å². The highest BCUT2D eigenvalue weighted by Crippen LogP contribution is 2.54. The fourth-order valence-electron chi connectivity index (χ4n) is 11.8. The Labute approximate surface area is 392 Å². The molecular formula is C60H36B2N2O4. The smallest absolute Gasteiger partial charge is 0.260 e. The van der Waals surface area contributed by atoms with E-state index in [1.165, 1.54) is 0 Å². The SMILES string of the molecule is C=CC1=C(C=C)B2c3ccccc3Oc3c2c(cc(-n2c4ccccc4c4ccccc42)c3-c2c(-n3c4ccccc4c4ccccc43)cc3c4c2Oc2ccccc2B4c2ccccc2O3)O1. The van der Waals surface area contributed by atoms with E-state index in [1.807, 2.05) is 18.2 Å². The first kappa shape index (κ1) is 37.4. The molecule has 6 heterocycles. The lowest BCUT2D eigenvalue weighted by Crippen LogP contribution is -2.57. The second-order valence-corrected chi connectivity index (χ2v) is 17.9. The molecule has 0 spiro atoms. The van der Waals surface area contributed by atoms with Crippen LogP contribution in [0.5, 0.6) is 40.2 Å². The van der Waals surface area contributed by atoms with Crippen LogP contribution in [0.1, 0.15) is 0 Å². The summed E-state index contributed by atoms with van der Waals surface area (Å²) in [6.45, 7) is 8.14. The molecule has 6 nitrogen and oxygen atoms in total. The maximum absolute atomic E-state index is 7.54. The molecule has 4 aliphatic heterocycles. The number of benzene rings is 9. The first-order valence-corrected chi connectivity index (χ1v) is 23.0. The Balaban J connectivity index is 1.19. The van der Waals surface area contributed by atoms with Gasteiger partial charge in [0.25, 0.3) is 13.4 Å². The van der Waals surface area contributed by atoms with Crippen LogP contribution in [-0.4, -0.2) is 22.6 Å². The van der Waals surface area contributed by atoms with Crippen LogP contribution in [0.25, 0.3) is 66.1 Å². The number of hydrogen-bond donors (Lipinski definition) is 0. The Morgan fingerprint density at radius 1 is 0.368 bits per heavy atom. The van der Waals surface area contributed by atoms with Crippen molar-refractivity contribution in [2.75, 3.05) is 0 Å². The zero-order valence-corrected chi connectivity index (χ0v) is 36.6. The van der Waals surface area contributed by atoms with Gasteiger partial charge in [-0.25, -0.2) is 0 Å². The van der Waals surface area contributed by atoms with Crippen molar-refractivity contribution in [3.63, 3.8) is 0 Å². The van der Waals surface area contributed by atoms with E-state index in [2.05, 4.69) is 192 Å². The van der Waals surface area contributed by atoms with E-state index in [-0.39, 0.29) is 13.4 Å². The molecule has 4 aliphatic rings. The van der Waals surface area contributed by atoms with Crippen molar-refractivity contribution in [3.8, 4) is 62.7 Å². The predicted molar refractivity (Wildman–Crippen MR) is 278 cm³/mol. The number of nitrogens with zero attached hydrogens (tertiary/aromatic N) is 2. The average Bonchev–Trinajstić information content (AvgIpc) is 3.91. The zero-order valence-electron chi connectivity index (χ0n) is 36.6. The number of aromatic nitrogens is 2. The second kappa shape index (κ2) is 13.8. The van der Waals surface area contributed by atoms with Gasteiger partial charge < -0.3 is 28.1 Å². The van der Waals surface area contributed by atoms with Crippen LogP contribution in [-0.2, 0) is 0 Å². The third kappa shape index (κ3) is 4.88. The highest BCUT2D eigenvalue weighted by atomic mass is 16.5. The quantitative estimate of drug-likeness (QED) is 0.162. The van der Waals surface area contributed by atoms with Crippen molar-refractivity contribution >= 4 is 84.4 Å². The number of hydrogen-bond acceptors (Lipinski definition) is 4. The van der Waals surface area contributed by atoms with E-state index < -0.39 is 0 Å². The summed E-state index contributed by atoms with van der Waals surface area (Å²) in [6, 6.07) is 64.2. The highest BCUT2D eigenvalue weighted by molar-refractivity contribution is 6.98. The molecule has 0 atom stereocenters. The van der Waals surface area contributed by atoms with E-state index in [1.54, 1.807) is 6.08 Å². The minimum atomic E-state index is -0.273. The van der Waals surface area contributed by atoms with Gasteiger partial charge in [0.15, 0.2) is 0 Å². The van der Waals surface area contributed by atoms with Gasteiger partial charge in [0, 0.05) is 44.6 Å². The van der Waals surface area contributed by atoms with Crippen LogP contribution >= 0.6 is 0 Å². The van der Waals surface area contributed by atoms with Gasteiger partial charge in [-0.15, -0.1) is 0 Å². The molecule has 0 radical (unpaired) electrons. The van der Waals surface area contributed by atoms with E-state index in [0.717, 1.165) is 122 Å². The molecule has 0 aliphatic carbocycles. The molecule has 0 amide bonds. The van der Waals surface area contributed by atoms with E-state index in [9.17, 15) is 0 Å². The lowest BCUT2D eigenvalue weighted by molar-refractivity contribution is 0.434. The first-order valence-electron chi connectivity index (χ1n) is 23.0. The minimum Gasteiger partial charge on any atom is -0.458 e. The van der Waals surface area contributed by atoms with Crippen LogP contribution in [0.15, 0.2) is 219 Å². The molecule has 8 heteroatoms. The molecule has 0 saturated heterocycles. The van der Waals surface area contributed by atoms with Crippen molar-refractivity contribution in [2.45, 2.75) is 0 Å². The zero-order chi connectivity index (χ0) is 44.8. The first-order chi connectivity index (χ1) is 33.7. The van der Waals surface area contributed by atoms with Crippen molar-refractivity contribution in [2.24, 2.45) is 0 Å². The summed E-state index contributed by atoms with van der Waals surface area (Å²) in [5.41, 5.74) is 13.7. The summed E-state index contributed by atoms with van der Waals surface area (Å²) >= 11 is 0. The number of ether oxygens (including phenoxy) is 4. The molecule has 0 unspecified atom stereocenters. The van der Waals surface area contributed by atoms with Crippen LogP contribution in [0.4, 0.5) is 0 Å². The Kier molecular flexibility index (Phi) is 7.60. The number of allylic oxidation sites excluding steroid dienone is 3. The average molecular weight is 871 g/mol. The molecule has 0 fully saturated rings. The summed E-state index contributed by atoms with van der Waals surface area (Å²) in [4.78, 5) is 0. The summed E-state index contributed by atoms with van der Waals surface area (Å²) in [7, 11) is 0. The summed E-state index contributed by atoms with van der Waals surface area (Å²) in [5, 5.41) is 4.55. The standard InChI is InChI=1S/C60H36B2N2O4/c1-3-39-49(4-2)65-53-33-47(63-43-26-12-5-19-35(43)36-20-6-13-27-44(36)63)55(59-57(53)61(39)41-24-10-17-31-51(41)67-59)56-48(64-45-28-14-7-21-37(45)38-22-8-15-29-46(38)64)34-54-58-60(56)68-52-32-18-11-25-42(52)62(58)40-23-9-16-30-50(40)66-54/h3-34H,1-2H2. The van der Waals surface area contributed by atoms with Gasteiger partial charge in [-0.05, 0) is 70.4 Å². The maximum atomic E-state index is 7.54. The molecular weight excluding hydrogens is 834 g/mol. The number of fused-ring (bicyclic) bond motifs is 12. The highest BCUT2D eigenvalue weighted by Gasteiger charge is 2.47. The Morgan fingerprint density at radius 2 is 0.735 bits per heavy atom.